The van der Waals surface area contributed by atoms with E-state index in [2.05, 4.69) is 10.6 Å². The lowest BCUT2D eigenvalue weighted by Crippen LogP contribution is -2.54. The molecule has 0 radical (unpaired) electrons. The first-order chi connectivity index (χ1) is 9.02. The number of aliphatic hydroxyl groups excluding tert-OH is 1. The average molecular weight is 266 g/mol. The van der Waals surface area contributed by atoms with Gasteiger partial charge in [0.2, 0.25) is 0 Å². The number of carbonyl (C=O) groups excluding carboxylic acids is 1. The van der Waals surface area contributed by atoms with Crippen LogP contribution < -0.4 is 10.6 Å². The van der Waals surface area contributed by atoms with E-state index in [9.17, 15) is 9.18 Å². The topological polar surface area (TPSA) is 61.4 Å². The Hall–Kier alpha value is -1.62. The number of carbonyl (C=O) groups is 1. The molecule has 1 aromatic carbocycles. The van der Waals surface area contributed by atoms with Gasteiger partial charge in [0, 0.05) is 6.54 Å². The summed E-state index contributed by atoms with van der Waals surface area (Å²) in [6.07, 6.45) is 2.16. The number of hydrogen-bond donors (Lipinski definition) is 3. The monoisotopic (exact) mass is 266 g/mol. The second-order valence-electron chi connectivity index (χ2n) is 5.13. The Bertz CT molecular complexity index is 441. The van der Waals surface area contributed by atoms with Crippen LogP contribution in [0.25, 0.3) is 0 Å². The Morgan fingerprint density at radius 2 is 2.05 bits per heavy atom. The van der Waals surface area contributed by atoms with Crippen molar-refractivity contribution in [3.8, 4) is 0 Å². The summed E-state index contributed by atoms with van der Waals surface area (Å²) in [5.74, 6) is -0.281. The van der Waals surface area contributed by atoms with Crippen LogP contribution in [0.3, 0.4) is 0 Å². The highest BCUT2D eigenvalue weighted by atomic mass is 19.1. The van der Waals surface area contributed by atoms with Crippen molar-refractivity contribution >= 4 is 6.03 Å². The third-order valence-electron chi connectivity index (χ3n) is 3.51. The number of halogens is 1. The molecule has 3 N–H and O–H groups in total. The van der Waals surface area contributed by atoms with Crippen molar-refractivity contribution in [2.45, 2.75) is 37.8 Å². The Labute approximate surface area is 112 Å². The van der Waals surface area contributed by atoms with Crippen molar-refractivity contribution in [1.29, 1.82) is 0 Å². The molecule has 19 heavy (non-hydrogen) atoms. The molecule has 1 saturated carbocycles. The van der Waals surface area contributed by atoms with E-state index in [1.165, 1.54) is 12.1 Å². The second-order valence-corrected chi connectivity index (χ2v) is 5.13. The maximum absolute atomic E-state index is 12.9. The average Bonchev–Trinajstić information content (AvgIpc) is 2.32. The molecule has 4 nitrogen and oxygen atoms in total. The molecule has 1 aliphatic rings. The zero-order valence-corrected chi connectivity index (χ0v) is 10.9. The molecule has 0 heterocycles. The summed E-state index contributed by atoms with van der Waals surface area (Å²) in [7, 11) is 0. The van der Waals surface area contributed by atoms with Crippen molar-refractivity contribution < 1.29 is 14.3 Å². The summed E-state index contributed by atoms with van der Waals surface area (Å²) in [5.41, 5.74) is 0.531. The predicted octanol–water partition coefficient (Wildman–Crippen LogP) is 1.88. The van der Waals surface area contributed by atoms with Gasteiger partial charge in [-0.25, -0.2) is 9.18 Å². The Balaban J connectivity index is 2.02. The van der Waals surface area contributed by atoms with Crippen molar-refractivity contribution in [3.05, 3.63) is 35.6 Å². The molecular formula is C14H19FN2O2. The van der Waals surface area contributed by atoms with Crippen molar-refractivity contribution in [1.82, 2.24) is 10.6 Å². The maximum Gasteiger partial charge on any atom is 0.315 e. The number of aliphatic hydroxyl groups is 1. The summed E-state index contributed by atoms with van der Waals surface area (Å²) in [6.45, 7) is 1.82. The molecule has 1 atom stereocenters. The van der Waals surface area contributed by atoms with Crippen LogP contribution in [0.1, 0.15) is 31.7 Å². The second kappa shape index (κ2) is 5.57. The first-order valence-electron chi connectivity index (χ1n) is 6.52. The predicted molar refractivity (Wildman–Crippen MR) is 70.1 cm³/mol. The molecule has 1 aromatic rings. The molecule has 2 rings (SSSR count). The maximum atomic E-state index is 12.9. The minimum atomic E-state index is -0.575. The highest BCUT2D eigenvalue weighted by molar-refractivity contribution is 5.75. The molecule has 0 aromatic heterocycles. The molecule has 5 heteroatoms. The van der Waals surface area contributed by atoms with E-state index in [1.54, 1.807) is 19.1 Å². The zero-order valence-electron chi connectivity index (χ0n) is 10.9. The number of hydrogen-bond acceptors (Lipinski definition) is 2. The van der Waals surface area contributed by atoms with Crippen LogP contribution in [-0.2, 0) is 5.54 Å². The molecule has 1 aliphatic carbocycles. The highest BCUT2D eigenvalue weighted by Gasteiger charge is 2.40. The number of amides is 2. The Kier molecular flexibility index (Phi) is 4.04. The SMILES string of the molecule is CC(O)CNC(=O)NC1(c2ccc(F)cc2)CCC1. The summed E-state index contributed by atoms with van der Waals surface area (Å²) < 4.78 is 12.9. The van der Waals surface area contributed by atoms with Gasteiger partial charge in [0.05, 0.1) is 11.6 Å². The molecule has 0 aliphatic heterocycles. The molecule has 0 saturated heterocycles. The fourth-order valence-electron chi connectivity index (χ4n) is 2.29. The number of rotatable bonds is 4. The first-order valence-corrected chi connectivity index (χ1v) is 6.52. The number of benzene rings is 1. The van der Waals surface area contributed by atoms with E-state index in [0.29, 0.717) is 0 Å². The van der Waals surface area contributed by atoms with Crippen LogP contribution in [0.15, 0.2) is 24.3 Å². The molecular weight excluding hydrogens is 247 g/mol. The van der Waals surface area contributed by atoms with Crippen molar-refractivity contribution in [3.63, 3.8) is 0 Å². The minimum Gasteiger partial charge on any atom is -0.392 e. The van der Waals surface area contributed by atoms with Crippen LogP contribution in [0, 0.1) is 5.82 Å². The van der Waals surface area contributed by atoms with Gasteiger partial charge in [0.1, 0.15) is 5.82 Å². The van der Waals surface area contributed by atoms with E-state index in [-0.39, 0.29) is 18.4 Å². The van der Waals surface area contributed by atoms with Gasteiger partial charge in [-0.05, 0) is 43.9 Å². The van der Waals surface area contributed by atoms with Gasteiger partial charge in [-0.1, -0.05) is 12.1 Å². The van der Waals surface area contributed by atoms with Gasteiger partial charge in [0.15, 0.2) is 0 Å². The third-order valence-corrected chi connectivity index (χ3v) is 3.51. The fraction of sp³-hybridized carbons (Fsp3) is 0.500. The van der Waals surface area contributed by atoms with Crippen LogP contribution in [0.2, 0.25) is 0 Å². The van der Waals surface area contributed by atoms with Gasteiger partial charge < -0.3 is 15.7 Å². The summed E-state index contributed by atoms with van der Waals surface area (Å²) in [4.78, 5) is 11.8. The molecule has 2 amide bonds. The normalized spacial score (nSPS) is 18.3. The smallest absolute Gasteiger partial charge is 0.315 e. The minimum absolute atomic E-state index is 0.214. The van der Waals surface area contributed by atoms with E-state index in [4.69, 9.17) is 5.11 Å². The lowest BCUT2D eigenvalue weighted by Gasteiger charge is -2.43. The lowest BCUT2D eigenvalue weighted by molar-refractivity contribution is 0.165. The third kappa shape index (κ3) is 3.23. The lowest BCUT2D eigenvalue weighted by atomic mass is 9.72. The summed E-state index contributed by atoms with van der Waals surface area (Å²) in [5, 5.41) is 14.7. The zero-order chi connectivity index (χ0) is 13.9. The van der Waals surface area contributed by atoms with Gasteiger partial charge in [-0.2, -0.15) is 0 Å². The largest absolute Gasteiger partial charge is 0.392 e. The van der Waals surface area contributed by atoms with Crippen LogP contribution in [0.5, 0.6) is 0 Å². The first kappa shape index (κ1) is 13.8. The Morgan fingerprint density at radius 1 is 1.42 bits per heavy atom. The standard InChI is InChI=1S/C14H19FN2O2/c1-10(18)9-16-13(19)17-14(7-2-8-14)11-3-5-12(15)6-4-11/h3-6,10,18H,2,7-9H2,1H3,(H2,16,17,19). The Morgan fingerprint density at radius 3 is 2.53 bits per heavy atom. The van der Waals surface area contributed by atoms with Gasteiger partial charge in [0.25, 0.3) is 0 Å². The highest BCUT2D eigenvalue weighted by Crippen LogP contribution is 2.41. The van der Waals surface area contributed by atoms with E-state index in [1.807, 2.05) is 0 Å². The fourth-order valence-corrected chi connectivity index (χ4v) is 2.29. The van der Waals surface area contributed by atoms with Crippen molar-refractivity contribution in [2.24, 2.45) is 0 Å². The summed E-state index contributed by atoms with van der Waals surface area (Å²) >= 11 is 0. The molecule has 104 valence electrons. The van der Waals surface area contributed by atoms with Crippen molar-refractivity contribution in [2.75, 3.05) is 6.54 Å². The van der Waals surface area contributed by atoms with Gasteiger partial charge in [-0.3, -0.25) is 0 Å². The molecule has 1 unspecified atom stereocenters. The van der Waals surface area contributed by atoms with Crippen LogP contribution in [0.4, 0.5) is 9.18 Å². The van der Waals surface area contributed by atoms with Crippen LogP contribution >= 0.6 is 0 Å². The van der Waals surface area contributed by atoms with Gasteiger partial charge in [-0.15, -0.1) is 0 Å². The van der Waals surface area contributed by atoms with E-state index in [0.717, 1.165) is 24.8 Å². The van der Waals surface area contributed by atoms with E-state index < -0.39 is 11.6 Å². The molecule has 0 spiro atoms. The van der Waals surface area contributed by atoms with Crippen LogP contribution in [-0.4, -0.2) is 23.8 Å². The molecule has 1 fully saturated rings. The summed E-state index contributed by atoms with van der Waals surface area (Å²) in [6, 6.07) is 5.94. The van der Waals surface area contributed by atoms with Gasteiger partial charge >= 0.3 is 6.03 Å². The number of nitrogens with one attached hydrogen (secondary N) is 2. The molecule has 0 bridgehead atoms. The quantitative estimate of drug-likeness (QED) is 0.779. The van der Waals surface area contributed by atoms with E-state index >= 15 is 0 Å². The number of urea groups is 1.